The predicted molar refractivity (Wildman–Crippen MR) is 156 cm³/mol. The summed E-state index contributed by atoms with van der Waals surface area (Å²) < 4.78 is 11.7. The van der Waals surface area contributed by atoms with Crippen LogP contribution in [0.2, 0.25) is 10.0 Å². The number of nitrogens with one attached hydrogen (secondary N) is 2. The first-order valence-electron chi connectivity index (χ1n) is 12.0. The highest BCUT2D eigenvalue weighted by Crippen LogP contribution is 2.35. The van der Waals surface area contributed by atoms with Crippen molar-refractivity contribution in [2.24, 2.45) is 11.5 Å². The van der Waals surface area contributed by atoms with E-state index in [-0.39, 0.29) is 0 Å². The highest BCUT2D eigenvalue weighted by atomic mass is 35.5. The molecule has 196 valence electrons. The van der Waals surface area contributed by atoms with Crippen LogP contribution in [0, 0.1) is 0 Å². The quantitative estimate of drug-likeness (QED) is 0.167. The average Bonchev–Trinajstić information content (AvgIpc) is 3.55. The summed E-state index contributed by atoms with van der Waals surface area (Å²) in [6.07, 6.45) is 0. The number of amides is 1. The van der Waals surface area contributed by atoms with Crippen LogP contribution >= 0.6 is 23.2 Å². The first-order chi connectivity index (χ1) is 18.9. The zero-order valence-electron chi connectivity index (χ0n) is 20.6. The molecule has 0 spiro atoms. The predicted octanol–water partition coefficient (Wildman–Crippen LogP) is 7.78. The molecule has 0 saturated heterocycles. The number of para-hydroxylation sites is 2. The second-order valence-corrected chi connectivity index (χ2v) is 9.48. The molecule has 39 heavy (non-hydrogen) atoms. The van der Waals surface area contributed by atoms with Gasteiger partial charge < -0.3 is 30.9 Å². The summed E-state index contributed by atoms with van der Waals surface area (Å²) in [6.45, 7) is 0.455. The molecule has 9 heteroatoms. The number of carbonyl (C=O) groups is 1. The maximum Gasteiger partial charge on any atom is 0.265 e. The monoisotopic (exact) mass is 558 g/mol. The lowest BCUT2D eigenvalue weighted by atomic mass is 10.2. The summed E-state index contributed by atoms with van der Waals surface area (Å²) in [5.41, 5.74) is 13.8. The van der Waals surface area contributed by atoms with Crippen LogP contribution in [0.4, 0.5) is 0 Å². The van der Waals surface area contributed by atoms with Crippen molar-refractivity contribution in [2.75, 3.05) is 0 Å². The molecule has 6 aromatic rings. The minimum atomic E-state index is -0.525. The van der Waals surface area contributed by atoms with Crippen LogP contribution in [0.3, 0.4) is 0 Å². The normalized spacial score (nSPS) is 10.7. The lowest BCUT2D eigenvalue weighted by molar-refractivity contribution is 0.0996. The molecule has 6 N–H and O–H groups in total. The number of aromatic amines is 2. The van der Waals surface area contributed by atoms with Gasteiger partial charge in [-0.15, -0.1) is 0 Å². The molecule has 6 rings (SSSR count). The van der Waals surface area contributed by atoms with Gasteiger partial charge >= 0.3 is 0 Å². The van der Waals surface area contributed by atoms with E-state index in [4.69, 9.17) is 44.1 Å². The van der Waals surface area contributed by atoms with Crippen molar-refractivity contribution < 1.29 is 14.3 Å². The average molecular weight is 559 g/mol. The Morgan fingerprint density at radius 3 is 1.67 bits per heavy atom. The number of fused-ring (bicyclic) bond motifs is 2. The summed E-state index contributed by atoms with van der Waals surface area (Å²) in [5.74, 6) is 2.24. The van der Waals surface area contributed by atoms with Crippen molar-refractivity contribution in [3.63, 3.8) is 0 Å². The minimum absolute atomic E-state index is 0.320. The maximum atomic E-state index is 11.2. The number of benzene rings is 4. The second kappa shape index (κ2) is 11.5. The smallest absolute Gasteiger partial charge is 0.265 e. The number of H-pyrrole nitrogens is 2. The molecule has 0 fully saturated rings. The number of aromatic nitrogens is 2. The van der Waals surface area contributed by atoms with Crippen molar-refractivity contribution in [3.8, 4) is 23.0 Å². The van der Waals surface area contributed by atoms with Gasteiger partial charge in [0, 0.05) is 45.2 Å². The second-order valence-electron chi connectivity index (χ2n) is 8.61. The molecule has 0 radical (unpaired) electrons. The van der Waals surface area contributed by atoms with Crippen molar-refractivity contribution in [1.29, 1.82) is 0 Å². The minimum Gasteiger partial charge on any atom is -0.457 e. The number of ether oxygens (including phenoxy) is 2. The Bertz CT molecular complexity index is 1750. The Balaban J connectivity index is 0.000000158. The molecule has 4 aromatic carbocycles. The van der Waals surface area contributed by atoms with Gasteiger partial charge in [0.25, 0.3) is 5.91 Å². The van der Waals surface area contributed by atoms with Crippen LogP contribution < -0.4 is 20.9 Å². The van der Waals surface area contributed by atoms with Crippen LogP contribution in [0.5, 0.6) is 23.0 Å². The molecule has 2 aromatic heterocycles. The summed E-state index contributed by atoms with van der Waals surface area (Å²) >= 11 is 12.2. The molecule has 0 atom stereocenters. The number of hydrogen-bond acceptors (Lipinski definition) is 4. The summed E-state index contributed by atoms with van der Waals surface area (Å²) in [7, 11) is 0. The number of hydrogen-bond donors (Lipinski definition) is 4. The van der Waals surface area contributed by atoms with E-state index in [0.717, 1.165) is 33.5 Å². The van der Waals surface area contributed by atoms with E-state index < -0.39 is 5.91 Å². The molecule has 0 bridgehead atoms. The Morgan fingerprint density at radius 1 is 0.692 bits per heavy atom. The molecule has 0 aliphatic heterocycles. The summed E-state index contributed by atoms with van der Waals surface area (Å²) in [6, 6.07) is 29.7. The third-order valence-corrected chi connectivity index (χ3v) is 6.25. The topological polar surface area (TPSA) is 119 Å². The van der Waals surface area contributed by atoms with Gasteiger partial charge in [-0.25, -0.2) is 0 Å². The van der Waals surface area contributed by atoms with E-state index in [2.05, 4.69) is 9.97 Å². The standard InChI is InChI=1S/C15H11ClN2O2.C15H13ClN2O/c16-9-6-12-11(8-13(18-12)15(17)19)14(7-9)20-10-4-2-1-3-5-10;16-10-6-14-13(8-11(9-17)18-14)15(7-10)19-12-4-2-1-3-5-12/h1-8,18H,(H2,17,19);1-8,18H,9,17H2. The number of halogens is 2. The Kier molecular flexibility index (Phi) is 7.74. The molecule has 0 unspecified atom stereocenters. The van der Waals surface area contributed by atoms with Crippen LogP contribution in [0.25, 0.3) is 21.8 Å². The van der Waals surface area contributed by atoms with Gasteiger partial charge in [0.1, 0.15) is 28.7 Å². The molecule has 0 aliphatic carbocycles. The fraction of sp³-hybridized carbons (Fsp3) is 0.0333. The van der Waals surface area contributed by atoms with E-state index in [9.17, 15) is 4.79 Å². The molecule has 0 aliphatic rings. The fourth-order valence-corrected chi connectivity index (χ4v) is 4.46. The number of rotatable bonds is 6. The molecular formula is C30H24Cl2N4O3. The Labute approximate surface area is 234 Å². The van der Waals surface area contributed by atoms with Crippen molar-refractivity contribution >= 4 is 50.9 Å². The van der Waals surface area contributed by atoms with Crippen LogP contribution in [0.1, 0.15) is 16.2 Å². The number of nitrogens with two attached hydrogens (primary N) is 2. The third-order valence-electron chi connectivity index (χ3n) is 5.81. The van der Waals surface area contributed by atoms with Gasteiger partial charge in [0.15, 0.2) is 0 Å². The highest BCUT2D eigenvalue weighted by Gasteiger charge is 2.12. The SMILES string of the molecule is NC(=O)c1cc2c(Oc3ccccc3)cc(Cl)cc2[nH]1.NCc1cc2c(Oc3ccccc3)cc(Cl)cc2[nH]1. The van der Waals surface area contributed by atoms with E-state index in [1.807, 2.05) is 78.9 Å². The number of carbonyl (C=O) groups excluding carboxylic acids is 1. The Morgan fingerprint density at radius 2 is 1.18 bits per heavy atom. The van der Waals surface area contributed by atoms with Gasteiger partial charge in [-0.1, -0.05) is 59.6 Å². The van der Waals surface area contributed by atoms with Gasteiger partial charge in [0.2, 0.25) is 0 Å². The van der Waals surface area contributed by atoms with Gasteiger partial charge in [-0.2, -0.15) is 0 Å². The van der Waals surface area contributed by atoms with E-state index in [0.29, 0.717) is 39.3 Å². The highest BCUT2D eigenvalue weighted by molar-refractivity contribution is 6.32. The summed E-state index contributed by atoms with van der Waals surface area (Å²) in [4.78, 5) is 17.4. The zero-order chi connectivity index (χ0) is 27.4. The van der Waals surface area contributed by atoms with Gasteiger partial charge in [-0.05, 0) is 48.5 Å². The van der Waals surface area contributed by atoms with Gasteiger partial charge in [-0.3, -0.25) is 4.79 Å². The molecular weight excluding hydrogens is 535 g/mol. The largest absolute Gasteiger partial charge is 0.457 e. The van der Waals surface area contributed by atoms with E-state index in [1.54, 1.807) is 18.2 Å². The first kappa shape index (κ1) is 26.2. The van der Waals surface area contributed by atoms with E-state index in [1.165, 1.54) is 0 Å². The maximum absolute atomic E-state index is 11.2. The fourth-order valence-electron chi connectivity index (χ4n) is 4.04. The summed E-state index contributed by atoms with van der Waals surface area (Å²) in [5, 5.41) is 2.88. The lowest BCUT2D eigenvalue weighted by Gasteiger charge is -2.07. The molecule has 1 amide bonds. The number of primary amides is 1. The lowest BCUT2D eigenvalue weighted by Crippen LogP contribution is -2.10. The molecule has 7 nitrogen and oxygen atoms in total. The first-order valence-corrected chi connectivity index (χ1v) is 12.7. The Hall–Kier alpha value is -4.43. The van der Waals surface area contributed by atoms with Crippen molar-refractivity contribution in [3.05, 3.63) is 118 Å². The third kappa shape index (κ3) is 6.18. The zero-order valence-corrected chi connectivity index (χ0v) is 22.1. The van der Waals surface area contributed by atoms with Crippen LogP contribution in [0.15, 0.2) is 97.1 Å². The molecule has 2 heterocycles. The molecule has 0 saturated carbocycles. The van der Waals surface area contributed by atoms with Crippen molar-refractivity contribution in [1.82, 2.24) is 9.97 Å². The van der Waals surface area contributed by atoms with E-state index >= 15 is 0 Å². The van der Waals surface area contributed by atoms with Crippen LogP contribution in [-0.2, 0) is 6.54 Å². The van der Waals surface area contributed by atoms with Gasteiger partial charge in [0.05, 0.1) is 11.0 Å². The van der Waals surface area contributed by atoms with Crippen molar-refractivity contribution in [2.45, 2.75) is 6.54 Å². The van der Waals surface area contributed by atoms with Crippen LogP contribution in [-0.4, -0.2) is 15.9 Å².